The minimum absolute atomic E-state index is 0.354. The van der Waals surface area contributed by atoms with Gasteiger partial charge in [0.05, 0.1) is 10.7 Å². The van der Waals surface area contributed by atoms with Crippen LogP contribution in [-0.4, -0.2) is 14.6 Å². The van der Waals surface area contributed by atoms with Gasteiger partial charge in [-0.3, -0.25) is 5.43 Å². The van der Waals surface area contributed by atoms with E-state index in [9.17, 15) is 4.79 Å². The van der Waals surface area contributed by atoms with Crippen LogP contribution in [0.4, 0.5) is 17.5 Å². The van der Waals surface area contributed by atoms with Gasteiger partial charge in [0.15, 0.2) is 11.4 Å². The number of aryl methyl sites for hydroxylation is 1. The maximum atomic E-state index is 12.1. The van der Waals surface area contributed by atoms with E-state index in [0.717, 1.165) is 5.56 Å². The van der Waals surface area contributed by atoms with Gasteiger partial charge in [0, 0.05) is 11.8 Å². The summed E-state index contributed by atoms with van der Waals surface area (Å²) < 4.78 is 6.53. The summed E-state index contributed by atoms with van der Waals surface area (Å²) in [5.74, 6) is 0.306. The highest BCUT2D eigenvalue weighted by Gasteiger charge is 2.12. The van der Waals surface area contributed by atoms with E-state index >= 15 is 0 Å². The monoisotopic (exact) mass is 367 g/mol. The molecular weight excluding hydrogens is 354 g/mol. The number of fused-ring (bicyclic) bond motifs is 1. The zero-order valence-corrected chi connectivity index (χ0v) is 14.5. The van der Waals surface area contributed by atoms with Gasteiger partial charge in [-0.25, -0.2) is 9.78 Å². The highest BCUT2D eigenvalue weighted by atomic mass is 35.5. The first-order valence-electron chi connectivity index (χ1n) is 7.84. The maximum absolute atomic E-state index is 12.1. The van der Waals surface area contributed by atoms with E-state index in [-0.39, 0.29) is 0 Å². The molecular formula is C18H14ClN5O2. The molecule has 0 aliphatic rings. The Balaban J connectivity index is 1.69. The van der Waals surface area contributed by atoms with Crippen LogP contribution < -0.4 is 16.5 Å². The smallest absolute Gasteiger partial charge is 0.406 e. The van der Waals surface area contributed by atoms with E-state index in [1.165, 1.54) is 4.68 Å². The summed E-state index contributed by atoms with van der Waals surface area (Å²) in [6.07, 6.45) is 1.65. The van der Waals surface area contributed by atoms with Gasteiger partial charge >= 0.3 is 5.76 Å². The molecule has 0 unspecified atom stereocenters. The molecule has 8 heteroatoms. The Morgan fingerprint density at radius 3 is 2.73 bits per heavy atom. The molecule has 0 spiro atoms. The fourth-order valence-corrected chi connectivity index (χ4v) is 2.66. The van der Waals surface area contributed by atoms with E-state index < -0.39 is 5.76 Å². The fraction of sp³-hybridized carbons (Fsp3) is 0.0556. The summed E-state index contributed by atoms with van der Waals surface area (Å²) in [7, 11) is 0. The molecule has 0 radical (unpaired) electrons. The molecule has 0 aliphatic carbocycles. The third-order valence-corrected chi connectivity index (χ3v) is 4.13. The number of aromatic nitrogens is 3. The Morgan fingerprint density at radius 1 is 1.12 bits per heavy atom. The summed E-state index contributed by atoms with van der Waals surface area (Å²) in [6, 6.07) is 14.4. The van der Waals surface area contributed by atoms with Crippen molar-refractivity contribution in [3.8, 4) is 0 Å². The Hall–Kier alpha value is -3.32. The number of halogens is 1. The Labute approximate surface area is 153 Å². The molecule has 2 heterocycles. The van der Waals surface area contributed by atoms with Crippen LogP contribution in [0.1, 0.15) is 5.56 Å². The third-order valence-electron chi connectivity index (χ3n) is 3.80. The third kappa shape index (κ3) is 3.00. The fourth-order valence-electron chi connectivity index (χ4n) is 2.48. The highest BCUT2D eigenvalue weighted by molar-refractivity contribution is 6.33. The molecule has 130 valence electrons. The van der Waals surface area contributed by atoms with E-state index in [1.54, 1.807) is 30.5 Å². The molecule has 4 aromatic rings. The summed E-state index contributed by atoms with van der Waals surface area (Å²) >= 11 is 6.15. The van der Waals surface area contributed by atoms with Crippen LogP contribution in [0.15, 0.2) is 63.9 Å². The quantitative estimate of drug-likeness (QED) is 0.567. The molecule has 26 heavy (non-hydrogen) atoms. The van der Waals surface area contributed by atoms with Crippen molar-refractivity contribution in [2.24, 2.45) is 0 Å². The zero-order valence-electron chi connectivity index (χ0n) is 13.7. The van der Waals surface area contributed by atoms with Gasteiger partial charge in [0.25, 0.3) is 0 Å². The van der Waals surface area contributed by atoms with Gasteiger partial charge in [-0.2, -0.15) is 9.66 Å². The van der Waals surface area contributed by atoms with E-state index in [4.69, 9.17) is 16.0 Å². The second-order valence-corrected chi connectivity index (χ2v) is 6.02. The van der Waals surface area contributed by atoms with E-state index in [1.807, 2.05) is 31.2 Å². The Kier molecular flexibility index (Phi) is 4.06. The van der Waals surface area contributed by atoms with Gasteiger partial charge in [-0.05, 0) is 31.2 Å². The SMILES string of the molecule is Cc1cnc(Nc2ccccc2Cl)nc1Nn1c(=O)oc2ccccc21. The molecule has 7 nitrogen and oxygen atoms in total. The molecule has 0 amide bonds. The maximum Gasteiger partial charge on any atom is 0.439 e. The Bertz CT molecular complexity index is 1150. The van der Waals surface area contributed by atoms with Crippen molar-refractivity contribution in [2.45, 2.75) is 6.92 Å². The van der Waals surface area contributed by atoms with Gasteiger partial charge in [-0.15, -0.1) is 0 Å². The molecule has 2 aromatic heterocycles. The lowest BCUT2D eigenvalue weighted by Crippen LogP contribution is -2.23. The summed E-state index contributed by atoms with van der Waals surface area (Å²) in [4.78, 5) is 20.8. The molecule has 2 N–H and O–H groups in total. The summed E-state index contributed by atoms with van der Waals surface area (Å²) in [5, 5.41) is 3.62. The average molecular weight is 368 g/mol. The summed E-state index contributed by atoms with van der Waals surface area (Å²) in [6.45, 7) is 1.84. The van der Waals surface area contributed by atoms with Crippen molar-refractivity contribution >= 4 is 40.2 Å². The standard InChI is InChI=1S/C18H14ClN5O2/c1-11-10-20-17(21-13-7-3-2-6-12(13)19)22-16(11)23-24-14-8-4-5-9-15(14)26-18(24)25/h2-10H,1H3,(H2,20,21,22,23). The number of para-hydroxylation sites is 3. The van der Waals surface area contributed by atoms with Crippen LogP contribution in [0, 0.1) is 6.92 Å². The topological polar surface area (TPSA) is 85.0 Å². The minimum Gasteiger partial charge on any atom is -0.406 e. The van der Waals surface area contributed by atoms with Gasteiger partial charge in [-0.1, -0.05) is 35.9 Å². The first kappa shape index (κ1) is 16.2. The molecule has 0 atom stereocenters. The van der Waals surface area contributed by atoms with Crippen LogP contribution in [0.5, 0.6) is 0 Å². The lowest BCUT2D eigenvalue weighted by atomic mass is 10.3. The Morgan fingerprint density at radius 2 is 1.88 bits per heavy atom. The van der Waals surface area contributed by atoms with Crippen LogP contribution in [0.3, 0.4) is 0 Å². The number of oxazole rings is 1. The molecule has 4 rings (SSSR count). The van der Waals surface area contributed by atoms with E-state index in [2.05, 4.69) is 20.7 Å². The predicted octanol–water partition coefficient (Wildman–Crippen LogP) is 3.97. The number of nitrogens with one attached hydrogen (secondary N) is 2. The number of hydrogen-bond acceptors (Lipinski definition) is 6. The lowest BCUT2D eigenvalue weighted by molar-refractivity contribution is 0.532. The molecule has 2 aromatic carbocycles. The van der Waals surface area contributed by atoms with Gasteiger partial charge < -0.3 is 9.73 Å². The second-order valence-electron chi connectivity index (χ2n) is 5.61. The van der Waals surface area contributed by atoms with Crippen molar-refractivity contribution in [3.63, 3.8) is 0 Å². The minimum atomic E-state index is -0.523. The molecule has 0 fully saturated rings. The van der Waals surface area contributed by atoms with E-state index in [0.29, 0.717) is 33.6 Å². The van der Waals surface area contributed by atoms with Crippen molar-refractivity contribution in [1.29, 1.82) is 0 Å². The predicted molar refractivity (Wildman–Crippen MR) is 101 cm³/mol. The zero-order chi connectivity index (χ0) is 18.1. The van der Waals surface area contributed by atoms with Crippen LogP contribution >= 0.6 is 11.6 Å². The summed E-state index contributed by atoms with van der Waals surface area (Å²) in [5.41, 5.74) is 5.56. The van der Waals surface area contributed by atoms with Crippen molar-refractivity contribution in [1.82, 2.24) is 14.6 Å². The first-order chi connectivity index (χ1) is 12.6. The molecule has 0 saturated heterocycles. The van der Waals surface area contributed by atoms with Crippen molar-refractivity contribution < 1.29 is 4.42 Å². The normalized spacial score (nSPS) is 10.8. The number of anilines is 3. The average Bonchev–Trinajstić information content (AvgIpc) is 2.95. The molecule has 0 saturated carbocycles. The van der Waals surface area contributed by atoms with Crippen LogP contribution in [-0.2, 0) is 0 Å². The van der Waals surface area contributed by atoms with Crippen molar-refractivity contribution in [3.05, 3.63) is 75.9 Å². The number of hydrogen-bond donors (Lipinski definition) is 2. The van der Waals surface area contributed by atoms with Crippen LogP contribution in [0.25, 0.3) is 11.1 Å². The number of nitrogens with zero attached hydrogens (tertiary/aromatic N) is 3. The molecule has 0 bridgehead atoms. The molecule has 0 aliphatic heterocycles. The number of benzene rings is 2. The number of rotatable bonds is 4. The lowest BCUT2D eigenvalue weighted by Gasteiger charge is -2.11. The van der Waals surface area contributed by atoms with Gasteiger partial charge in [0.2, 0.25) is 5.95 Å². The largest absolute Gasteiger partial charge is 0.439 e. The van der Waals surface area contributed by atoms with Crippen molar-refractivity contribution in [2.75, 3.05) is 10.7 Å². The highest BCUT2D eigenvalue weighted by Crippen LogP contribution is 2.24. The van der Waals surface area contributed by atoms with Gasteiger partial charge in [0.1, 0.15) is 5.52 Å². The first-order valence-corrected chi connectivity index (χ1v) is 8.22. The second kappa shape index (κ2) is 6.53. The van der Waals surface area contributed by atoms with Crippen LogP contribution in [0.2, 0.25) is 5.02 Å².